The zero-order valence-electron chi connectivity index (χ0n) is 20.8. The van der Waals surface area contributed by atoms with Crippen molar-refractivity contribution in [2.45, 2.75) is 70.0 Å². The lowest BCUT2D eigenvalue weighted by molar-refractivity contribution is 0.102. The van der Waals surface area contributed by atoms with Crippen molar-refractivity contribution in [2.75, 3.05) is 22.5 Å². The van der Waals surface area contributed by atoms with Gasteiger partial charge in [0.1, 0.15) is 5.82 Å². The van der Waals surface area contributed by atoms with Crippen LogP contribution in [0.4, 0.5) is 26.4 Å². The van der Waals surface area contributed by atoms with E-state index in [1.54, 1.807) is 0 Å². The molecule has 0 aliphatic heterocycles. The molecule has 2 saturated carbocycles. The molecule has 0 atom stereocenters. The van der Waals surface area contributed by atoms with E-state index >= 15 is 0 Å². The number of halogens is 1. The molecule has 5 N–H and O–H groups in total. The first-order valence-electron chi connectivity index (χ1n) is 12.9. The van der Waals surface area contributed by atoms with Gasteiger partial charge in [-0.15, -0.1) is 5.10 Å². The number of amides is 3. The molecule has 0 aromatic carbocycles. The Bertz CT molecular complexity index is 1270. The van der Waals surface area contributed by atoms with Crippen LogP contribution in [-0.4, -0.2) is 56.2 Å². The van der Waals surface area contributed by atoms with E-state index in [1.165, 1.54) is 23.0 Å². The topological polar surface area (TPSA) is 137 Å². The van der Waals surface area contributed by atoms with Gasteiger partial charge in [-0.05, 0) is 51.0 Å². The van der Waals surface area contributed by atoms with Gasteiger partial charge in [0.15, 0.2) is 17.2 Å². The van der Waals surface area contributed by atoms with Gasteiger partial charge >= 0.3 is 6.03 Å². The van der Waals surface area contributed by atoms with Gasteiger partial charge in [0.05, 0.1) is 23.8 Å². The molecule has 3 heterocycles. The van der Waals surface area contributed by atoms with Crippen molar-refractivity contribution in [1.29, 1.82) is 0 Å². The van der Waals surface area contributed by atoms with E-state index in [0.717, 1.165) is 56.8 Å². The molecule has 3 aromatic rings. The third-order valence-corrected chi connectivity index (χ3v) is 6.61. The van der Waals surface area contributed by atoms with Gasteiger partial charge in [0.2, 0.25) is 0 Å². The lowest BCUT2D eigenvalue weighted by Gasteiger charge is -2.30. The number of urea groups is 1. The Labute approximate surface area is 214 Å². The number of pyridine rings is 1. The van der Waals surface area contributed by atoms with E-state index in [4.69, 9.17) is 0 Å². The van der Waals surface area contributed by atoms with Gasteiger partial charge in [-0.2, -0.15) is 0 Å². The molecule has 0 unspecified atom stereocenters. The highest BCUT2D eigenvalue weighted by atomic mass is 19.1. The number of rotatable bonds is 9. The lowest BCUT2D eigenvalue weighted by atomic mass is 9.91. The minimum absolute atomic E-state index is 0.0364. The Balaban J connectivity index is 1.30. The highest BCUT2D eigenvalue weighted by molar-refractivity contribution is 6.03. The number of nitrogens with zero attached hydrogens (tertiary/aromatic N) is 4. The van der Waals surface area contributed by atoms with Crippen LogP contribution in [0.1, 0.15) is 62.4 Å². The molecule has 0 saturated heterocycles. The number of carbonyl (C=O) groups excluding carboxylic acids is 2. The minimum Gasteiger partial charge on any atom is -0.379 e. The van der Waals surface area contributed by atoms with Crippen molar-refractivity contribution in [1.82, 2.24) is 30.2 Å². The molecule has 11 nitrogen and oxygen atoms in total. The van der Waals surface area contributed by atoms with Gasteiger partial charge in [-0.3, -0.25) is 9.78 Å². The van der Waals surface area contributed by atoms with E-state index in [0.29, 0.717) is 24.1 Å². The Morgan fingerprint density at radius 2 is 1.76 bits per heavy atom. The molecule has 2 aliphatic rings. The fourth-order valence-corrected chi connectivity index (χ4v) is 4.48. The summed E-state index contributed by atoms with van der Waals surface area (Å²) in [5, 5.41) is 20.1. The Kier molecular flexibility index (Phi) is 7.33. The zero-order chi connectivity index (χ0) is 25.8. The van der Waals surface area contributed by atoms with Gasteiger partial charge in [-0.25, -0.2) is 18.7 Å². The van der Waals surface area contributed by atoms with Crippen molar-refractivity contribution in [3.8, 4) is 0 Å². The molecule has 0 spiro atoms. The van der Waals surface area contributed by atoms with Gasteiger partial charge < -0.3 is 26.6 Å². The first kappa shape index (κ1) is 24.7. The van der Waals surface area contributed by atoms with E-state index in [2.05, 4.69) is 41.7 Å². The van der Waals surface area contributed by atoms with Crippen LogP contribution in [0, 0.1) is 5.82 Å². The molecule has 3 aromatic heterocycles. The summed E-state index contributed by atoms with van der Waals surface area (Å²) in [4.78, 5) is 33.1. The first-order valence-corrected chi connectivity index (χ1v) is 12.9. The minimum atomic E-state index is -0.621. The van der Waals surface area contributed by atoms with Crippen molar-refractivity contribution >= 4 is 34.8 Å². The summed E-state index contributed by atoms with van der Waals surface area (Å²) in [7, 11) is 0. The van der Waals surface area contributed by atoms with E-state index in [9.17, 15) is 14.0 Å². The molecule has 0 bridgehead atoms. The maximum absolute atomic E-state index is 14.0. The van der Waals surface area contributed by atoms with E-state index < -0.39 is 11.7 Å². The Hall–Kier alpha value is -3.96. The molecule has 0 radical (unpaired) electrons. The van der Waals surface area contributed by atoms with Crippen molar-refractivity contribution in [2.24, 2.45) is 0 Å². The molecule has 2 aliphatic carbocycles. The number of hydrogen-bond donors (Lipinski definition) is 5. The second-order valence-corrected chi connectivity index (χ2v) is 9.64. The number of carbonyl (C=O) groups is 2. The monoisotopic (exact) mass is 509 g/mol. The maximum atomic E-state index is 14.0. The lowest BCUT2D eigenvalue weighted by Crippen LogP contribution is -2.45. The van der Waals surface area contributed by atoms with Crippen molar-refractivity contribution in [3.63, 3.8) is 0 Å². The highest BCUT2D eigenvalue weighted by Gasteiger charge is 2.26. The molecule has 3 amide bonds. The zero-order valence-corrected chi connectivity index (χ0v) is 20.8. The number of fused-ring (bicyclic) bond motifs is 1. The molecule has 12 heteroatoms. The summed E-state index contributed by atoms with van der Waals surface area (Å²) in [5.41, 5.74) is 1.55. The van der Waals surface area contributed by atoms with Gasteiger partial charge in [-0.1, -0.05) is 6.92 Å². The Morgan fingerprint density at radius 3 is 2.49 bits per heavy atom. The van der Waals surface area contributed by atoms with Gasteiger partial charge in [0.25, 0.3) is 5.91 Å². The SMILES string of the molecule is CCCNC(=O)NC1CCC(Nc2cc(NC3CC3)c3ncc(C(=O)Nc4ccncc4F)n3n2)CC1. The largest absolute Gasteiger partial charge is 0.379 e. The average Bonchev–Trinajstić information content (AvgIpc) is 3.60. The average molecular weight is 510 g/mol. The molecule has 5 rings (SSSR count). The van der Waals surface area contributed by atoms with Crippen LogP contribution >= 0.6 is 0 Å². The molecule has 196 valence electrons. The van der Waals surface area contributed by atoms with Crippen LogP contribution in [0.3, 0.4) is 0 Å². The maximum Gasteiger partial charge on any atom is 0.315 e. The standard InChI is InChI=1S/C25H32FN9O2/c1-2-10-28-25(37)32-17-7-5-16(6-8-17)31-22-12-20(30-15-3-4-15)23-29-14-21(35(23)34-22)24(36)33-19-9-11-27-13-18(19)26/h9,11-17,30H,2-8,10H2,1H3,(H,31,34)(H,27,33,36)(H2,28,32,37). The highest BCUT2D eigenvalue weighted by Crippen LogP contribution is 2.30. The van der Waals surface area contributed by atoms with Crippen LogP contribution in [0.2, 0.25) is 0 Å². The summed E-state index contributed by atoms with van der Waals surface area (Å²) in [6.07, 6.45) is 10.4. The van der Waals surface area contributed by atoms with Crippen molar-refractivity contribution < 1.29 is 14.0 Å². The smallest absolute Gasteiger partial charge is 0.315 e. The number of aromatic nitrogens is 4. The van der Waals surface area contributed by atoms with E-state index in [-0.39, 0.29) is 29.5 Å². The second-order valence-electron chi connectivity index (χ2n) is 9.64. The number of nitrogens with one attached hydrogen (secondary N) is 5. The second kappa shape index (κ2) is 11.0. The van der Waals surface area contributed by atoms with Crippen LogP contribution in [-0.2, 0) is 0 Å². The predicted molar refractivity (Wildman–Crippen MR) is 138 cm³/mol. The molecule has 2 fully saturated rings. The summed E-state index contributed by atoms with van der Waals surface area (Å²) >= 11 is 0. The first-order chi connectivity index (χ1) is 18.0. The predicted octanol–water partition coefficient (Wildman–Crippen LogP) is 3.52. The van der Waals surface area contributed by atoms with Crippen molar-refractivity contribution in [3.05, 3.63) is 42.2 Å². The summed E-state index contributed by atoms with van der Waals surface area (Å²) in [5.74, 6) is -0.522. The summed E-state index contributed by atoms with van der Waals surface area (Å²) < 4.78 is 15.5. The van der Waals surface area contributed by atoms with Crippen LogP contribution < -0.4 is 26.6 Å². The molecule has 37 heavy (non-hydrogen) atoms. The number of anilines is 3. The molecular weight excluding hydrogens is 477 g/mol. The fraction of sp³-hybridized carbons (Fsp3) is 0.480. The van der Waals surface area contributed by atoms with Gasteiger partial charge in [0, 0.05) is 36.9 Å². The third kappa shape index (κ3) is 6.07. The third-order valence-electron chi connectivity index (χ3n) is 6.61. The Morgan fingerprint density at radius 1 is 1.03 bits per heavy atom. The summed E-state index contributed by atoms with van der Waals surface area (Å²) in [6, 6.07) is 3.92. The van der Waals surface area contributed by atoms with E-state index in [1.807, 2.05) is 13.0 Å². The quantitative estimate of drug-likeness (QED) is 0.298. The van der Waals surface area contributed by atoms with Crippen LogP contribution in [0.5, 0.6) is 0 Å². The fourth-order valence-electron chi connectivity index (χ4n) is 4.48. The normalized spacial score (nSPS) is 19.3. The number of hydrogen-bond acceptors (Lipinski definition) is 7. The summed E-state index contributed by atoms with van der Waals surface area (Å²) in [6.45, 7) is 2.69. The number of imidazole rings is 1. The van der Waals surface area contributed by atoms with Crippen LogP contribution in [0.25, 0.3) is 5.65 Å². The van der Waals surface area contributed by atoms with Crippen LogP contribution in [0.15, 0.2) is 30.7 Å². The molecular formula is C25H32FN9O2.